The van der Waals surface area contributed by atoms with Crippen molar-refractivity contribution in [3.05, 3.63) is 18.1 Å². The molecule has 0 spiro atoms. The van der Waals surface area contributed by atoms with Gasteiger partial charge in [-0.2, -0.15) is 0 Å². The van der Waals surface area contributed by atoms with E-state index in [0.717, 1.165) is 18.0 Å². The summed E-state index contributed by atoms with van der Waals surface area (Å²) in [6, 6.07) is 0. The highest BCUT2D eigenvalue weighted by Crippen LogP contribution is 2.35. The van der Waals surface area contributed by atoms with E-state index < -0.39 is 0 Å². The number of hydrogen-bond acceptors (Lipinski definition) is 3. The van der Waals surface area contributed by atoms with Gasteiger partial charge < -0.3 is 4.74 Å². The van der Waals surface area contributed by atoms with Crippen molar-refractivity contribution < 1.29 is 4.74 Å². The molecule has 0 amide bonds. The molecular formula is C15H23ClN2O. The Balaban J connectivity index is 2.09. The van der Waals surface area contributed by atoms with Crippen LogP contribution in [0.25, 0.3) is 0 Å². The summed E-state index contributed by atoms with van der Waals surface area (Å²) in [6.07, 6.45) is 7.28. The van der Waals surface area contributed by atoms with Crippen LogP contribution in [0, 0.1) is 17.8 Å². The lowest BCUT2D eigenvalue weighted by molar-refractivity contribution is 0.0422. The minimum Gasteiger partial charge on any atom is -0.473 e. The van der Waals surface area contributed by atoms with Gasteiger partial charge in [-0.25, -0.2) is 4.98 Å². The first-order valence-electron chi connectivity index (χ1n) is 7.13. The van der Waals surface area contributed by atoms with Gasteiger partial charge in [-0.3, -0.25) is 4.98 Å². The Kier molecular flexibility index (Phi) is 5.03. The number of halogens is 1. The van der Waals surface area contributed by atoms with Crippen molar-refractivity contribution in [3.63, 3.8) is 0 Å². The molecule has 1 aliphatic rings. The molecule has 0 aliphatic heterocycles. The van der Waals surface area contributed by atoms with E-state index in [1.165, 1.54) is 12.8 Å². The van der Waals surface area contributed by atoms with Gasteiger partial charge in [-0.05, 0) is 30.6 Å². The summed E-state index contributed by atoms with van der Waals surface area (Å²) in [7, 11) is 0. The summed E-state index contributed by atoms with van der Waals surface area (Å²) >= 11 is 5.79. The van der Waals surface area contributed by atoms with E-state index in [1.807, 2.05) is 0 Å². The summed E-state index contributed by atoms with van der Waals surface area (Å²) in [6.45, 7) is 6.85. The molecule has 3 unspecified atom stereocenters. The molecule has 1 aliphatic carbocycles. The largest absolute Gasteiger partial charge is 0.473 e. The summed E-state index contributed by atoms with van der Waals surface area (Å²) < 4.78 is 6.11. The van der Waals surface area contributed by atoms with Gasteiger partial charge in [0.05, 0.1) is 17.8 Å². The van der Waals surface area contributed by atoms with E-state index in [2.05, 4.69) is 30.7 Å². The molecule has 2 rings (SSSR count). The smallest absolute Gasteiger partial charge is 0.232 e. The molecule has 19 heavy (non-hydrogen) atoms. The molecule has 1 fully saturated rings. The van der Waals surface area contributed by atoms with Crippen LogP contribution in [0.2, 0.25) is 0 Å². The average Bonchev–Trinajstić information content (AvgIpc) is 2.38. The highest BCUT2D eigenvalue weighted by atomic mass is 35.5. The molecule has 1 heterocycles. The second kappa shape index (κ2) is 6.56. The van der Waals surface area contributed by atoms with Gasteiger partial charge >= 0.3 is 0 Å². The second-order valence-electron chi connectivity index (χ2n) is 5.96. The fraction of sp³-hybridized carbons (Fsp3) is 0.733. The van der Waals surface area contributed by atoms with Gasteiger partial charge in [0.2, 0.25) is 5.88 Å². The molecule has 4 heteroatoms. The van der Waals surface area contributed by atoms with E-state index in [4.69, 9.17) is 16.3 Å². The third kappa shape index (κ3) is 3.82. The van der Waals surface area contributed by atoms with Gasteiger partial charge in [-0.1, -0.05) is 27.2 Å². The number of ether oxygens (including phenoxy) is 1. The van der Waals surface area contributed by atoms with Crippen LogP contribution in [0.4, 0.5) is 0 Å². The van der Waals surface area contributed by atoms with Crippen LogP contribution in [0.1, 0.15) is 45.7 Å². The number of alkyl halides is 1. The number of rotatable bonds is 4. The Bertz CT molecular complexity index is 411. The predicted molar refractivity (Wildman–Crippen MR) is 77.3 cm³/mol. The Hall–Kier alpha value is -0.830. The monoisotopic (exact) mass is 282 g/mol. The molecule has 3 nitrogen and oxygen atoms in total. The van der Waals surface area contributed by atoms with Crippen molar-refractivity contribution in [3.8, 4) is 5.88 Å². The van der Waals surface area contributed by atoms with E-state index in [9.17, 15) is 0 Å². The van der Waals surface area contributed by atoms with Gasteiger partial charge in [0.1, 0.15) is 6.10 Å². The summed E-state index contributed by atoms with van der Waals surface area (Å²) in [4.78, 5) is 8.53. The van der Waals surface area contributed by atoms with Gasteiger partial charge in [0, 0.05) is 6.20 Å². The van der Waals surface area contributed by atoms with Crippen LogP contribution in [0.5, 0.6) is 5.88 Å². The van der Waals surface area contributed by atoms with Gasteiger partial charge in [-0.15, -0.1) is 11.6 Å². The van der Waals surface area contributed by atoms with Crippen molar-refractivity contribution in [2.75, 3.05) is 0 Å². The highest BCUT2D eigenvalue weighted by molar-refractivity contribution is 6.16. The van der Waals surface area contributed by atoms with E-state index in [-0.39, 0.29) is 6.10 Å². The van der Waals surface area contributed by atoms with Crippen molar-refractivity contribution in [2.24, 2.45) is 17.8 Å². The minimum absolute atomic E-state index is 0.253. The third-order valence-electron chi connectivity index (χ3n) is 4.03. The molecule has 1 aromatic heterocycles. The summed E-state index contributed by atoms with van der Waals surface area (Å²) in [5.74, 6) is 2.96. The van der Waals surface area contributed by atoms with Gasteiger partial charge in [0.25, 0.3) is 0 Å². The number of hydrogen-bond donors (Lipinski definition) is 0. The predicted octanol–water partition coefficient (Wildman–Crippen LogP) is 4.06. The van der Waals surface area contributed by atoms with E-state index in [0.29, 0.717) is 23.6 Å². The maximum atomic E-state index is 6.11. The van der Waals surface area contributed by atoms with Crippen LogP contribution in [-0.4, -0.2) is 16.1 Å². The topological polar surface area (TPSA) is 35.0 Å². The Labute approximate surface area is 120 Å². The first-order valence-corrected chi connectivity index (χ1v) is 7.67. The quantitative estimate of drug-likeness (QED) is 0.781. The maximum absolute atomic E-state index is 6.11. The van der Waals surface area contributed by atoms with Crippen molar-refractivity contribution >= 4 is 11.6 Å². The van der Waals surface area contributed by atoms with Crippen molar-refractivity contribution in [2.45, 2.75) is 52.0 Å². The van der Waals surface area contributed by atoms with Gasteiger partial charge in [0.15, 0.2) is 0 Å². The second-order valence-corrected chi connectivity index (χ2v) is 6.23. The fourth-order valence-corrected chi connectivity index (χ4v) is 3.04. The first-order chi connectivity index (χ1) is 9.10. The SMILES string of the molecule is CC1CCC(C(C)C)C(Oc2cncc(CCl)n2)C1. The lowest BCUT2D eigenvalue weighted by atomic mass is 9.75. The van der Waals surface area contributed by atoms with Crippen LogP contribution >= 0.6 is 11.6 Å². The average molecular weight is 283 g/mol. The van der Waals surface area contributed by atoms with Crippen LogP contribution in [0.15, 0.2) is 12.4 Å². The molecule has 0 aromatic carbocycles. The lowest BCUT2D eigenvalue weighted by Crippen LogP contribution is -2.36. The molecule has 0 saturated heterocycles. The molecule has 1 saturated carbocycles. The molecule has 3 atom stereocenters. The Morgan fingerprint density at radius 3 is 2.84 bits per heavy atom. The first kappa shape index (κ1) is 14.6. The van der Waals surface area contributed by atoms with Crippen LogP contribution < -0.4 is 4.74 Å². The normalized spacial score (nSPS) is 27.5. The van der Waals surface area contributed by atoms with Crippen molar-refractivity contribution in [1.82, 2.24) is 9.97 Å². The summed E-state index contributed by atoms with van der Waals surface area (Å²) in [5, 5.41) is 0. The highest BCUT2D eigenvalue weighted by Gasteiger charge is 2.32. The van der Waals surface area contributed by atoms with Crippen LogP contribution in [0.3, 0.4) is 0 Å². The lowest BCUT2D eigenvalue weighted by Gasteiger charge is -2.36. The Morgan fingerprint density at radius 2 is 2.16 bits per heavy atom. The standard InChI is InChI=1S/C15H23ClN2O/c1-10(2)13-5-4-11(3)6-14(13)19-15-9-17-8-12(7-16)18-15/h8-11,13-14H,4-7H2,1-3H3. The number of aromatic nitrogens is 2. The zero-order valence-corrected chi connectivity index (χ0v) is 12.7. The maximum Gasteiger partial charge on any atom is 0.232 e. The van der Waals surface area contributed by atoms with E-state index in [1.54, 1.807) is 12.4 Å². The zero-order chi connectivity index (χ0) is 13.8. The minimum atomic E-state index is 0.253. The zero-order valence-electron chi connectivity index (χ0n) is 12.0. The molecule has 0 N–H and O–H groups in total. The molecule has 0 bridgehead atoms. The van der Waals surface area contributed by atoms with Crippen molar-refractivity contribution in [1.29, 1.82) is 0 Å². The van der Waals surface area contributed by atoms with Crippen LogP contribution in [-0.2, 0) is 5.88 Å². The molecule has 1 aromatic rings. The fourth-order valence-electron chi connectivity index (χ4n) is 2.91. The molecular weight excluding hydrogens is 260 g/mol. The van der Waals surface area contributed by atoms with E-state index >= 15 is 0 Å². The Morgan fingerprint density at radius 1 is 1.37 bits per heavy atom. The summed E-state index contributed by atoms with van der Waals surface area (Å²) in [5.41, 5.74) is 0.768. The molecule has 106 valence electrons. The molecule has 0 radical (unpaired) electrons. The third-order valence-corrected chi connectivity index (χ3v) is 4.31. The number of nitrogens with zero attached hydrogens (tertiary/aromatic N) is 2.